The van der Waals surface area contributed by atoms with Gasteiger partial charge < -0.3 is 19.9 Å². The van der Waals surface area contributed by atoms with Crippen molar-refractivity contribution >= 4 is 34.2 Å². The summed E-state index contributed by atoms with van der Waals surface area (Å²) in [6.45, 7) is 7.73. The van der Waals surface area contributed by atoms with E-state index in [9.17, 15) is 23.1 Å². The zero-order valence-corrected chi connectivity index (χ0v) is 26.4. The van der Waals surface area contributed by atoms with E-state index in [2.05, 4.69) is 25.1 Å². The van der Waals surface area contributed by atoms with Crippen molar-refractivity contribution in [2.75, 3.05) is 16.0 Å². The first-order valence-electron chi connectivity index (χ1n) is 14.4. The fourth-order valence-electron chi connectivity index (χ4n) is 4.56. The zero-order chi connectivity index (χ0) is 33.1. The molecule has 1 aliphatic rings. The number of amidine groups is 1. The predicted molar refractivity (Wildman–Crippen MR) is 170 cm³/mol. The fourth-order valence-corrected chi connectivity index (χ4v) is 5.44. The van der Waals surface area contributed by atoms with E-state index in [0.717, 1.165) is 11.1 Å². The van der Waals surface area contributed by atoms with Gasteiger partial charge in [-0.25, -0.2) is 14.7 Å². The highest BCUT2D eigenvalue weighted by Crippen LogP contribution is 2.37. The van der Waals surface area contributed by atoms with Crippen LogP contribution in [0.25, 0.3) is 5.69 Å². The minimum absolute atomic E-state index is 0.155. The van der Waals surface area contributed by atoms with Crippen LogP contribution in [0.4, 0.5) is 24.5 Å². The topological polar surface area (TPSA) is 114 Å². The van der Waals surface area contributed by atoms with Crippen LogP contribution in [-0.2, 0) is 17.6 Å². The maximum Gasteiger partial charge on any atom is 0.573 e. The molecule has 242 valence electrons. The lowest BCUT2D eigenvalue weighted by molar-refractivity contribution is -0.274. The number of aromatic nitrogens is 3. The number of hydrogen-bond donors (Lipinski definition) is 2. The number of carbonyl (C=O) groups is 1. The van der Waals surface area contributed by atoms with Gasteiger partial charge in [0.2, 0.25) is 12.3 Å². The molecule has 1 fully saturated rings. The van der Waals surface area contributed by atoms with Crippen LogP contribution >= 0.6 is 11.8 Å². The molecule has 0 aliphatic carbocycles. The lowest BCUT2D eigenvalue weighted by Gasteiger charge is -2.26. The highest BCUT2D eigenvalue weighted by Gasteiger charge is 2.33. The molecule has 14 heteroatoms. The SMILES string of the molecule is Cc1ccc(OC(C)(C)C)c(N2C(=O)CS/C2=N\C(O)Nc2ccc(CCc3ncn(-c4ccc(OC(F)(F)F)cc4)n3)cc2)c1. The summed E-state index contributed by atoms with van der Waals surface area (Å²) < 4.78 is 48.7. The van der Waals surface area contributed by atoms with Crippen molar-refractivity contribution in [3.05, 3.63) is 90.0 Å². The number of aliphatic imine (C=N–C) groups is 1. The summed E-state index contributed by atoms with van der Waals surface area (Å²) in [4.78, 5) is 23.1. The average Bonchev–Trinajstić information content (AvgIpc) is 3.59. The molecular formula is C32H33F3N6O4S. The molecule has 46 heavy (non-hydrogen) atoms. The van der Waals surface area contributed by atoms with Crippen molar-refractivity contribution in [1.29, 1.82) is 0 Å². The number of nitrogens with one attached hydrogen (secondary N) is 1. The van der Waals surface area contributed by atoms with E-state index in [0.29, 0.717) is 46.6 Å². The zero-order valence-electron chi connectivity index (χ0n) is 25.6. The van der Waals surface area contributed by atoms with Crippen LogP contribution in [-0.4, -0.2) is 55.0 Å². The Morgan fingerprint density at radius 1 is 1.02 bits per heavy atom. The third-order valence-corrected chi connectivity index (χ3v) is 7.47. The summed E-state index contributed by atoms with van der Waals surface area (Å²) in [6, 6.07) is 18.4. The monoisotopic (exact) mass is 654 g/mol. The van der Waals surface area contributed by atoms with Crippen LogP contribution in [0, 0.1) is 6.92 Å². The molecule has 1 amide bonds. The predicted octanol–water partition coefficient (Wildman–Crippen LogP) is 6.26. The minimum Gasteiger partial charge on any atom is -0.486 e. The number of thioether (sulfide) groups is 1. The highest BCUT2D eigenvalue weighted by atomic mass is 32.2. The van der Waals surface area contributed by atoms with Crippen LogP contribution in [0.1, 0.15) is 37.7 Å². The van der Waals surface area contributed by atoms with E-state index >= 15 is 0 Å². The molecule has 1 aliphatic heterocycles. The van der Waals surface area contributed by atoms with Crippen molar-refractivity contribution < 1.29 is 32.5 Å². The molecule has 1 aromatic heterocycles. The van der Waals surface area contributed by atoms with Crippen molar-refractivity contribution in [3.63, 3.8) is 0 Å². The van der Waals surface area contributed by atoms with Crippen molar-refractivity contribution in [2.45, 2.75) is 58.9 Å². The van der Waals surface area contributed by atoms with Crippen molar-refractivity contribution in [3.8, 4) is 17.2 Å². The summed E-state index contributed by atoms with van der Waals surface area (Å²) >= 11 is 1.25. The van der Waals surface area contributed by atoms with Gasteiger partial charge in [-0.3, -0.25) is 9.69 Å². The molecule has 1 saturated heterocycles. The Labute approximate surface area is 268 Å². The highest BCUT2D eigenvalue weighted by molar-refractivity contribution is 8.15. The smallest absolute Gasteiger partial charge is 0.486 e. The van der Waals surface area contributed by atoms with Crippen molar-refractivity contribution in [2.24, 2.45) is 4.99 Å². The molecule has 4 aromatic rings. The number of rotatable bonds is 10. The number of alkyl halides is 3. The number of amides is 1. The van der Waals surface area contributed by atoms with E-state index in [1.807, 2.05) is 70.2 Å². The lowest BCUT2D eigenvalue weighted by atomic mass is 10.1. The molecule has 0 saturated carbocycles. The van der Waals surface area contributed by atoms with Gasteiger partial charge in [-0.2, -0.15) is 5.10 Å². The summed E-state index contributed by atoms with van der Waals surface area (Å²) in [5.41, 5.74) is 3.24. The second-order valence-corrected chi connectivity index (χ2v) is 12.4. The standard InChI is InChI=1S/C32H33F3N6O4S/c1-20-5-15-26(45-31(2,3)4)25(17-20)41-28(42)18-46-30(41)38-29(43)37-22-9-6-21(7-10-22)8-16-27-36-19-40(39-27)23-11-13-24(14-12-23)44-32(33,34)35/h5-7,9-15,17,19,29,37,43H,8,16,18H2,1-4H3/b38-30-. The number of anilines is 2. The molecule has 10 nitrogen and oxygen atoms in total. The summed E-state index contributed by atoms with van der Waals surface area (Å²) in [7, 11) is 0. The molecule has 1 unspecified atom stereocenters. The first-order valence-corrected chi connectivity index (χ1v) is 15.3. The van der Waals surface area contributed by atoms with Crippen molar-refractivity contribution in [1.82, 2.24) is 14.8 Å². The number of benzene rings is 3. The molecule has 0 bridgehead atoms. The lowest BCUT2D eigenvalue weighted by Crippen LogP contribution is -2.33. The number of aliphatic hydroxyl groups is 1. The molecule has 2 heterocycles. The number of hydrogen-bond acceptors (Lipinski definition) is 9. The summed E-state index contributed by atoms with van der Waals surface area (Å²) in [5, 5.41) is 18.5. The molecule has 0 spiro atoms. The summed E-state index contributed by atoms with van der Waals surface area (Å²) in [5.74, 6) is 0.848. The molecule has 3 aromatic carbocycles. The number of aliphatic hydroxyl groups excluding tert-OH is 1. The Morgan fingerprint density at radius 2 is 1.74 bits per heavy atom. The quantitative estimate of drug-likeness (QED) is 0.193. The van der Waals surface area contributed by atoms with Gasteiger partial charge in [-0.15, -0.1) is 13.2 Å². The second kappa shape index (κ2) is 13.4. The first kappa shape index (κ1) is 32.8. The minimum atomic E-state index is -4.75. The van der Waals surface area contributed by atoms with E-state index < -0.39 is 18.3 Å². The number of ether oxygens (including phenoxy) is 2. The van der Waals surface area contributed by atoms with Gasteiger partial charge >= 0.3 is 6.36 Å². The Hall–Kier alpha value is -4.56. The van der Waals surface area contributed by atoms with E-state index in [4.69, 9.17) is 4.74 Å². The van der Waals surface area contributed by atoms with Gasteiger partial charge in [0.05, 0.1) is 17.1 Å². The number of nitrogens with zero attached hydrogens (tertiary/aromatic N) is 5. The number of aryl methyl sites for hydroxylation is 3. The normalized spacial score (nSPS) is 15.3. The van der Waals surface area contributed by atoms with Crippen LogP contribution in [0.2, 0.25) is 0 Å². The summed E-state index contributed by atoms with van der Waals surface area (Å²) in [6.07, 6.45) is -3.39. The van der Waals surface area contributed by atoms with Gasteiger partial charge in [-0.05, 0) is 93.8 Å². The van der Waals surface area contributed by atoms with E-state index in [-0.39, 0.29) is 17.4 Å². The molecular weight excluding hydrogens is 621 g/mol. The third kappa shape index (κ3) is 8.79. The van der Waals surface area contributed by atoms with E-state index in [1.54, 1.807) is 0 Å². The average molecular weight is 655 g/mol. The van der Waals surface area contributed by atoms with Crippen LogP contribution in [0.15, 0.2) is 78.0 Å². The molecule has 0 radical (unpaired) electrons. The molecule has 1 atom stereocenters. The Morgan fingerprint density at radius 3 is 2.41 bits per heavy atom. The van der Waals surface area contributed by atoms with E-state index in [1.165, 1.54) is 51.9 Å². The third-order valence-electron chi connectivity index (χ3n) is 6.53. The van der Waals surface area contributed by atoms with Crippen LogP contribution in [0.5, 0.6) is 11.5 Å². The fraction of sp³-hybridized carbons (Fsp3) is 0.312. The molecule has 2 N–H and O–H groups in total. The van der Waals surface area contributed by atoms with Gasteiger partial charge in [0.1, 0.15) is 23.4 Å². The Balaban J connectivity index is 1.18. The maximum absolute atomic E-state index is 12.9. The molecule has 5 rings (SSSR count). The van der Waals surface area contributed by atoms with Gasteiger partial charge in [0.15, 0.2) is 11.0 Å². The largest absolute Gasteiger partial charge is 0.573 e. The number of halogens is 3. The maximum atomic E-state index is 12.9. The van der Waals surface area contributed by atoms with Gasteiger partial charge in [-0.1, -0.05) is 30.0 Å². The van der Waals surface area contributed by atoms with Crippen LogP contribution in [0.3, 0.4) is 0 Å². The van der Waals surface area contributed by atoms with Crippen LogP contribution < -0.4 is 19.7 Å². The van der Waals surface area contributed by atoms with Gasteiger partial charge in [0, 0.05) is 12.1 Å². The number of carbonyl (C=O) groups excluding carboxylic acids is 1. The van der Waals surface area contributed by atoms with Gasteiger partial charge in [0.25, 0.3) is 0 Å². The Bertz CT molecular complexity index is 1700. The second-order valence-electron chi connectivity index (χ2n) is 11.5. The first-order chi connectivity index (χ1) is 21.7. The Kier molecular flexibility index (Phi) is 9.58.